The van der Waals surface area contributed by atoms with Gasteiger partial charge in [-0.3, -0.25) is 0 Å². The second kappa shape index (κ2) is 7.41. The van der Waals surface area contributed by atoms with E-state index in [2.05, 4.69) is 5.10 Å². The van der Waals surface area contributed by atoms with Gasteiger partial charge in [0.2, 0.25) is 10.0 Å². The molecule has 0 spiro atoms. The topological polar surface area (TPSA) is 96.4 Å². The van der Waals surface area contributed by atoms with Gasteiger partial charge in [-0.25, -0.2) is 18.2 Å². The summed E-state index contributed by atoms with van der Waals surface area (Å²) < 4.78 is 75.3. The largest absolute Gasteiger partial charge is 0.497 e. The van der Waals surface area contributed by atoms with Gasteiger partial charge in [0.25, 0.3) is 0 Å². The molecule has 0 aliphatic carbocycles. The van der Waals surface area contributed by atoms with E-state index in [1.54, 1.807) is 0 Å². The average Bonchev–Trinajstić information content (AvgIpc) is 3.12. The van der Waals surface area contributed by atoms with Crippen molar-refractivity contribution in [2.75, 3.05) is 14.2 Å². The van der Waals surface area contributed by atoms with Gasteiger partial charge in [0, 0.05) is 11.6 Å². The first-order valence-electron chi connectivity index (χ1n) is 8.08. The van der Waals surface area contributed by atoms with Crippen LogP contribution >= 0.6 is 0 Å². The van der Waals surface area contributed by atoms with Crippen molar-refractivity contribution in [2.24, 2.45) is 5.14 Å². The quantitative estimate of drug-likeness (QED) is 0.675. The lowest BCUT2D eigenvalue weighted by molar-refractivity contribution is -0.141. The zero-order chi connectivity index (χ0) is 21.4. The smallest absolute Gasteiger partial charge is 0.435 e. The lowest BCUT2D eigenvalue weighted by Gasteiger charge is -2.14. The van der Waals surface area contributed by atoms with Crippen molar-refractivity contribution in [3.05, 3.63) is 54.2 Å². The standard InChI is InChI=1S/C18H16F3N3O4S/c1-27-11-7-8-12(15(9-11)28-2)14-10-17(18(19,20)21)23-24(14)13-5-3-4-6-16(13)29(22,25)26/h3-10H,1-2H3,(H2,22,25,26). The monoisotopic (exact) mass is 427 g/mol. The number of alkyl halides is 3. The summed E-state index contributed by atoms with van der Waals surface area (Å²) in [5, 5.41) is 8.84. The van der Waals surface area contributed by atoms with Crippen LogP contribution in [0.2, 0.25) is 0 Å². The minimum absolute atomic E-state index is 0.0343. The molecule has 11 heteroatoms. The highest BCUT2D eigenvalue weighted by atomic mass is 32.2. The van der Waals surface area contributed by atoms with Crippen LogP contribution < -0.4 is 14.6 Å². The number of para-hydroxylation sites is 1. The summed E-state index contributed by atoms with van der Waals surface area (Å²) in [6.45, 7) is 0. The van der Waals surface area contributed by atoms with E-state index in [1.165, 1.54) is 56.7 Å². The number of rotatable bonds is 5. The van der Waals surface area contributed by atoms with Crippen molar-refractivity contribution < 1.29 is 31.1 Å². The Kier molecular flexibility index (Phi) is 5.28. The molecule has 0 atom stereocenters. The van der Waals surface area contributed by atoms with Gasteiger partial charge in [-0.1, -0.05) is 12.1 Å². The summed E-state index contributed by atoms with van der Waals surface area (Å²) >= 11 is 0. The molecule has 29 heavy (non-hydrogen) atoms. The minimum Gasteiger partial charge on any atom is -0.497 e. The third-order valence-corrected chi connectivity index (χ3v) is 5.04. The Hall–Kier alpha value is -3.05. The lowest BCUT2D eigenvalue weighted by atomic mass is 10.1. The lowest BCUT2D eigenvalue weighted by Crippen LogP contribution is -2.16. The number of aromatic nitrogens is 2. The van der Waals surface area contributed by atoms with Gasteiger partial charge in [-0.15, -0.1) is 0 Å². The highest BCUT2D eigenvalue weighted by molar-refractivity contribution is 7.89. The van der Waals surface area contributed by atoms with E-state index in [9.17, 15) is 21.6 Å². The number of ether oxygens (including phenoxy) is 2. The maximum Gasteiger partial charge on any atom is 0.435 e. The van der Waals surface area contributed by atoms with Gasteiger partial charge in [0.15, 0.2) is 5.69 Å². The Morgan fingerprint density at radius 3 is 2.31 bits per heavy atom. The van der Waals surface area contributed by atoms with E-state index in [4.69, 9.17) is 14.6 Å². The molecule has 0 aliphatic rings. The predicted molar refractivity (Wildman–Crippen MR) is 98.5 cm³/mol. The van der Waals surface area contributed by atoms with E-state index >= 15 is 0 Å². The van der Waals surface area contributed by atoms with Gasteiger partial charge < -0.3 is 9.47 Å². The Labute approximate surface area is 164 Å². The third-order valence-electron chi connectivity index (χ3n) is 4.08. The molecule has 0 bridgehead atoms. The molecule has 0 unspecified atom stereocenters. The SMILES string of the molecule is COc1ccc(-c2cc(C(F)(F)F)nn2-c2ccccc2S(N)(=O)=O)c(OC)c1. The van der Waals surface area contributed by atoms with E-state index in [-0.39, 0.29) is 27.6 Å². The van der Waals surface area contributed by atoms with Crippen LogP contribution in [0.1, 0.15) is 5.69 Å². The van der Waals surface area contributed by atoms with Crippen molar-refractivity contribution in [3.63, 3.8) is 0 Å². The van der Waals surface area contributed by atoms with Gasteiger partial charge in [0.05, 0.1) is 25.6 Å². The molecular formula is C18H16F3N3O4S. The van der Waals surface area contributed by atoms with E-state index in [1.807, 2.05) is 0 Å². The number of sulfonamides is 1. The molecule has 0 fully saturated rings. The highest BCUT2D eigenvalue weighted by Crippen LogP contribution is 2.38. The van der Waals surface area contributed by atoms with Crippen LogP contribution in [-0.2, 0) is 16.2 Å². The minimum atomic E-state index is -4.75. The summed E-state index contributed by atoms with van der Waals surface area (Å²) in [6, 6.07) is 10.7. The van der Waals surface area contributed by atoms with Crippen molar-refractivity contribution in [3.8, 4) is 28.4 Å². The molecule has 0 amide bonds. The molecule has 154 valence electrons. The first kappa shape index (κ1) is 20.7. The molecule has 3 aromatic rings. The second-order valence-corrected chi connectivity index (χ2v) is 7.43. The molecule has 0 saturated carbocycles. The first-order chi connectivity index (χ1) is 13.6. The van der Waals surface area contributed by atoms with Crippen molar-refractivity contribution in [2.45, 2.75) is 11.1 Å². The van der Waals surface area contributed by atoms with Crippen LogP contribution in [0.5, 0.6) is 11.5 Å². The molecule has 1 heterocycles. The predicted octanol–water partition coefficient (Wildman–Crippen LogP) is 3.22. The summed E-state index contributed by atoms with van der Waals surface area (Å²) in [5.74, 6) is 0.643. The van der Waals surface area contributed by atoms with E-state index in [0.717, 1.165) is 10.7 Å². The number of primary sulfonamides is 1. The number of hydrogen-bond donors (Lipinski definition) is 1. The zero-order valence-electron chi connectivity index (χ0n) is 15.3. The highest BCUT2D eigenvalue weighted by Gasteiger charge is 2.36. The fourth-order valence-corrected chi connectivity index (χ4v) is 3.49. The first-order valence-corrected chi connectivity index (χ1v) is 9.62. The number of benzene rings is 2. The van der Waals surface area contributed by atoms with Gasteiger partial charge in [-0.05, 0) is 30.3 Å². The van der Waals surface area contributed by atoms with E-state index < -0.39 is 21.9 Å². The molecule has 7 nitrogen and oxygen atoms in total. The number of methoxy groups -OCH3 is 2. The van der Waals surface area contributed by atoms with Crippen LogP contribution in [0.4, 0.5) is 13.2 Å². The summed E-state index contributed by atoms with van der Waals surface area (Å²) in [4.78, 5) is -0.370. The van der Waals surface area contributed by atoms with Gasteiger partial charge >= 0.3 is 6.18 Å². The maximum absolute atomic E-state index is 13.4. The van der Waals surface area contributed by atoms with Crippen LogP contribution in [0.15, 0.2) is 53.4 Å². The molecule has 2 N–H and O–H groups in total. The second-order valence-electron chi connectivity index (χ2n) is 5.90. The fraction of sp³-hybridized carbons (Fsp3) is 0.167. The zero-order valence-corrected chi connectivity index (χ0v) is 16.1. The summed E-state index contributed by atoms with van der Waals surface area (Å²) in [7, 11) is -1.44. The Bertz CT molecular complexity index is 1160. The Balaban J connectivity index is 2.35. The maximum atomic E-state index is 13.4. The van der Waals surface area contributed by atoms with Crippen LogP contribution in [-0.4, -0.2) is 32.4 Å². The molecule has 0 saturated heterocycles. The van der Waals surface area contributed by atoms with Crippen molar-refractivity contribution >= 4 is 10.0 Å². The van der Waals surface area contributed by atoms with Crippen molar-refractivity contribution in [1.29, 1.82) is 0 Å². The number of halogens is 3. The summed E-state index contributed by atoms with van der Waals surface area (Å²) in [6.07, 6.45) is -4.75. The number of nitrogens with two attached hydrogens (primary N) is 1. The molecule has 3 rings (SSSR count). The normalized spacial score (nSPS) is 12.1. The van der Waals surface area contributed by atoms with E-state index in [0.29, 0.717) is 5.75 Å². The van der Waals surface area contributed by atoms with Crippen molar-refractivity contribution in [1.82, 2.24) is 9.78 Å². The van der Waals surface area contributed by atoms with Gasteiger partial charge in [-0.2, -0.15) is 18.3 Å². The average molecular weight is 427 g/mol. The number of nitrogens with zero attached hydrogens (tertiary/aromatic N) is 2. The Morgan fingerprint density at radius 2 is 1.72 bits per heavy atom. The third kappa shape index (κ3) is 4.05. The fourth-order valence-electron chi connectivity index (χ4n) is 2.78. The van der Waals surface area contributed by atoms with Crippen LogP contribution in [0, 0.1) is 0 Å². The van der Waals surface area contributed by atoms with Crippen LogP contribution in [0.3, 0.4) is 0 Å². The van der Waals surface area contributed by atoms with Crippen LogP contribution in [0.25, 0.3) is 16.9 Å². The number of hydrogen-bond acceptors (Lipinski definition) is 5. The summed E-state index contributed by atoms with van der Waals surface area (Å²) in [5.41, 5.74) is -1.11. The molecule has 0 aliphatic heterocycles. The molecule has 2 aromatic carbocycles. The molecule has 0 radical (unpaired) electrons. The Morgan fingerprint density at radius 1 is 1.03 bits per heavy atom. The molecular weight excluding hydrogens is 411 g/mol. The molecule has 1 aromatic heterocycles. The van der Waals surface area contributed by atoms with Gasteiger partial charge in [0.1, 0.15) is 16.4 Å².